The average Bonchev–Trinajstić information content (AvgIpc) is 2.20. The molecule has 3 heteroatoms. The molecule has 98 valence electrons. The first-order valence-electron chi connectivity index (χ1n) is 7.14. The number of rotatable bonds is 1. The summed E-state index contributed by atoms with van der Waals surface area (Å²) in [5.74, 6) is 1.21. The summed E-state index contributed by atoms with van der Waals surface area (Å²) in [5, 5.41) is 4.79. The molecule has 2 fully saturated rings. The predicted octanol–water partition coefficient (Wildman–Crippen LogP) is 3.96. The highest BCUT2D eigenvalue weighted by molar-refractivity contribution is 8.13. The summed E-state index contributed by atoms with van der Waals surface area (Å²) >= 11 is 1.91. The van der Waals surface area contributed by atoms with Crippen molar-refractivity contribution in [1.82, 2.24) is 5.32 Å². The lowest BCUT2D eigenvalue weighted by Crippen LogP contribution is -2.46. The zero-order chi connectivity index (χ0) is 12.1. The smallest absolute Gasteiger partial charge is 0.157 e. The highest BCUT2D eigenvalue weighted by atomic mass is 32.2. The van der Waals surface area contributed by atoms with Gasteiger partial charge in [-0.25, -0.2) is 0 Å². The molecule has 0 spiro atoms. The van der Waals surface area contributed by atoms with Crippen molar-refractivity contribution in [2.45, 2.75) is 76.8 Å². The molecule has 2 aliphatic rings. The zero-order valence-electron chi connectivity index (χ0n) is 11.3. The van der Waals surface area contributed by atoms with Gasteiger partial charge in [0.15, 0.2) is 5.17 Å². The normalized spacial score (nSPS) is 29.4. The van der Waals surface area contributed by atoms with E-state index < -0.39 is 0 Å². The van der Waals surface area contributed by atoms with Crippen molar-refractivity contribution in [3.63, 3.8) is 0 Å². The average molecular weight is 254 g/mol. The first-order chi connectivity index (χ1) is 8.16. The first kappa shape index (κ1) is 13.3. The van der Waals surface area contributed by atoms with Gasteiger partial charge in [-0.2, -0.15) is 0 Å². The molecule has 1 N–H and O–H groups in total. The van der Waals surface area contributed by atoms with Gasteiger partial charge in [-0.3, -0.25) is 4.99 Å². The van der Waals surface area contributed by atoms with Crippen molar-refractivity contribution in [2.24, 2.45) is 4.99 Å². The molecule has 0 radical (unpaired) electrons. The number of amidine groups is 1. The fraction of sp³-hybridized carbons (Fsp3) is 0.929. The molecule has 0 aromatic heterocycles. The maximum atomic E-state index is 4.96. The third-order valence-corrected chi connectivity index (χ3v) is 4.67. The summed E-state index contributed by atoms with van der Waals surface area (Å²) < 4.78 is 0. The molecule has 1 aliphatic carbocycles. The van der Waals surface area contributed by atoms with Gasteiger partial charge in [-0.05, 0) is 33.1 Å². The van der Waals surface area contributed by atoms with E-state index >= 15 is 0 Å². The summed E-state index contributed by atoms with van der Waals surface area (Å²) in [6.45, 7) is 4.56. The minimum Gasteiger partial charge on any atom is -0.360 e. The minimum atomic E-state index is 0.242. The Hall–Kier alpha value is -0.180. The van der Waals surface area contributed by atoms with Crippen molar-refractivity contribution in [3.05, 3.63) is 0 Å². The second kappa shape index (κ2) is 6.12. The number of thioether (sulfide) groups is 1. The van der Waals surface area contributed by atoms with E-state index in [2.05, 4.69) is 19.2 Å². The van der Waals surface area contributed by atoms with Crippen LogP contribution in [-0.4, -0.2) is 22.5 Å². The van der Waals surface area contributed by atoms with Crippen LogP contribution in [-0.2, 0) is 0 Å². The molecule has 0 aromatic rings. The Morgan fingerprint density at radius 1 is 1.12 bits per heavy atom. The number of aliphatic imine (C=N–C) groups is 1. The maximum Gasteiger partial charge on any atom is 0.157 e. The van der Waals surface area contributed by atoms with E-state index in [1.807, 2.05) is 11.8 Å². The molecule has 0 aromatic carbocycles. The molecular formula is C14H26N2S. The molecule has 2 nitrogen and oxygen atoms in total. The van der Waals surface area contributed by atoms with Crippen LogP contribution >= 0.6 is 11.8 Å². The lowest BCUT2D eigenvalue weighted by atomic mass is 9.97. The number of nitrogens with one attached hydrogen (secondary N) is 1. The third kappa shape index (κ3) is 4.53. The summed E-state index contributed by atoms with van der Waals surface area (Å²) in [7, 11) is 0. The van der Waals surface area contributed by atoms with Crippen LogP contribution in [0, 0.1) is 0 Å². The largest absolute Gasteiger partial charge is 0.360 e. The van der Waals surface area contributed by atoms with Crippen molar-refractivity contribution in [1.29, 1.82) is 0 Å². The number of hydrogen-bond donors (Lipinski definition) is 1. The van der Waals surface area contributed by atoms with Gasteiger partial charge in [-0.15, -0.1) is 0 Å². The van der Waals surface area contributed by atoms with Crippen molar-refractivity contribution in [2.75, 3.05) is 5.75 Å². The molecule has 17 heavy (non-hydrogen) atoms. The Morgan fingerprint density at radius 2 is 1.76 bits per heavy atom. The Balaban J connectivity index is 1.91. The van der Waals surface area contributed by atoms with Crippen molar-refractivity contribution in [3.8, 4) is 0 Å². The fourth-order valence-corrected chi connectivity index (χ4v) is 3.97. The Bertz CT molecular complexity index is 265. The van der Waals surface area contributed by atoms with Gasteiger partial charge in [0, 0.05) is 11.3 Å². The Kier molecular flexibility index (Phi) is 4.78. The van der Waals surface area contributed by atoms with Crippen LogP contribution in [0.1, 0.15) is 65.2 Å². The maximum absolute atomic E-state index is 4.96. The summed E-state index contributed by atoms with van der Waals surface area (Å²) in [6, 6.07) is 0.583. The molecule has 0 atom stereocenters. The second-order valence-corrected chi connectivity index (χ2v) is 7.12. The van der Waals surface area contributed by atoms with Gasteiger partial charge in [0.05, 0.1) is 6.04 Å². The van der Waals surface area contributed by atoms with Gasteiger partial charge in [-0.1, -0.05) is 43.9 Å². The van der Waals surface area contributed by atoms with Gasteiger partial charge >= 0.3 is 0 Å². The predicted molar refractivity (Wildman–Crippen MR) is 77.8 cm³/mol. The van der Waals surface area contributed by atoms with Crippen LogP contribution in [0.4, 0.5) is 0 Å². The highest BCUT2D eigenvalue weighted by Gasteiger charge is 2.25. The molecule has 1 heterocycles. The standard InChI is InChI=1S/C14H26N2S/c1-14(2)10-11-17-13(16-14)15-12-8-6-4-3-5-7-9-12/h12H,3-11H2,1-2H3,(H,15,16). The molecule has 1 saturated heterocycles. The topological polar surface area (TPSA) is 24.4 Å². The summed E-state index contributed by atoms with van der Waals surface area (Å²) in [6.07, 6.45) is 10.8. The third-order valence-electron chi connectivity index (χ3n) is 3.79. The molecule has 1 aliphatic heterocycles. The minimum absolute atomic E-state index is 0.242. The summed E-state index contributed by atoms with van der Waals surface area (Å²) in [5.41, 5.74) is 0.242. The monoisotopic (exact) mass is 254 g/mol. The lowest BCUT2D eigenvalue weighted by Gasteiger charge is -2.33. The van der Waals surface area contributed by atoms with Crippen LogP contribution in [0.15, 0.2) is 4.99 Å². The molecule has 2 rings (SSSR count). The zero-order valence-corrected chi connectivity index (χ0v) is 12.1. The Labute approximate surface area is 110 Å². The van der Waals surface area contributed by atoms with Crippen molar-refractivity contribution >= 4 is 16.9 Å². The number of hydrogen-bond acceptors (Lipinski definition) is 2. The molecule has 0 unspecified atom stereocenters. The van der Waals surface area contributed by atoms with Gasteiger partial charge in [0.2, 0.25) is 0 Å². The van der Waals surface area contributed by atoms with Gasteiger partial charge in [0.25, 0.3) is 0 Å². The van der Waals surface area contributed by atoms with Gasteiger partial charge in [0.1, 0.15) is 0 Å². The van der Waals surface area contributed by atoms with Crippen molar-refractivity contribution < 1.29 is 0 Å². The van der Waals surface area contributed by atoms with E-state index in [0.717, 1.165) is 0 Å². The lowest BCUT2D eigenvalue weighted by molar-refractivity contribution is 0.434. The summed E-state index contributed by atoms with van der Waals surface area (Å²) in [4.78, 5) is 4.96. The number of nitrogens with zero attached hydrogens (tertiary/aromatic N) is 1. The van der Waals surface area contributed by atoms with E-state index in [-0.39, 0.29) is 5.54 Å². The first-order valence-corrected chi connectivity index (χ1v) is 8.13. The van der Waals surface area contributed by atoms with Crippen LogP contribution in [0.5, 0.6) is 0 Å². The SMILES string of the molecule is CC1(C)CCSC(=NC2CCCCCCC2)N1. The van der Waals surface area contributed by atoms with Crippen LogP contribution in [0.25, 0.3) is 0 Å². The second-order valence-electron chi connectivity index (χ2n) is 6.04. The van der Waals surface area contributed by atoms with Crippen LogP contribution in [0.3, 0.4) is 0 Å². The van der Waals surface area contributed by atoms with E-state index in [1.54, 1.807) is 0 Å². The molecule has 0 bridgehead atoms. The van der Waals surface area contributed by atoms with Crippen LogP contribution in [0.2, 0.25) is 0 Å². The van der Waals surface area contributed by atoms with Crippen LogP contribution < -0.4 is 5.32 Å². The fourth-order valence-electron chi connectivity index (χ4n) is 2.59. The van der Waals surface area contributed by atoms with E-state index in [1.165, 1.54) is 62.3 Å². The molecule has 1 saturated carbocycles. The van der Waals surface area contributed by atoms with Gasteiger partial charge < -0.3 is 5.32 Å². The molecular weight excluding hydrogens is 228 g/mol. The van der Waals surface area contributed by atoms with E-state index in [0.29, 0.717) is 6.04 Å². The molecule has 0 amide bonds. The quantitative estimate of drug-likeness (QED) is 0.766. The highest BCUT2D eigenvalue weighted by Crippen LogP contribution is 2.24. The van der Waals surface area contributed by atoms with E-state index in [4.69, 9.17) is 4.99 Å². The van der Waals surface area contributed by atoms with E-state index in [9.17, 15) is 0 Å². The Morgan fingerprint density at radius 3 is 2.41 bits per heavy atom.